The van der Waals surface area contributed by atoms with E-state index in [0.29, 0.717) is 12.0 Å². The lowest BCUT2D eigenvalue weighted by molar-refractivity contribution is 0.0664. The molecule has 1 fully saturated rings. The van der Waals surface area contributed by atoms with E-state index in [1.54, 1.807) is 4.90 Å². The second kappa shape index (κ2) is 6.18. The van der Waals surface area contributed by atoms with Crippen LogP contribution in [0, 0.1) is 13.8 Å². The average molecular weight is 314 g/mol. The Bertz CT molecular complexity index is 709. The smallest absolute Gasteiger partial charge is 0.256 e. The van der Waals surface area contributed by atoms with Gasteiger partial charge >= 0.3 is 0 Å². The molecule has 23 heavy (non-hydrogen) atoms. The minimum absolute atomic E-state index is 0.125. The van der Waals surface area contributed by atoms with Gasteiger partial charge in [0.2, 0.25) is 0 Å². The van der Waals surface area contributed by atoms with Crippen LogP contribution >= 0.6 is 0 Å². The Hall–Kier alpha value is -2.11. The Balaban J connectivity index is 1.97. The molecule has 2 heterocycles. The number of aryl methyl sites for hydroxylation is 1. The van der Waals surface area contributed by atoms with Crippen molar-refractivity contribution in [3.63, 3.8) is 0 Å². The van der Waals surface area contributed by atoms with Crippen molar-refractivity contribution >= 4 is 5.91 Å². The van der Waals surface area contributed by atoms with E-state index in [1.807, 2.05) is 54.8 Å². The summed E-state index contributed by atoms with van der Waals surface area (Å²) >= 11 is 0. The number of carbonyl (C=O) groups is 1. The van der Waals surface area contributed by atoms with Crippen molar-refractivity contribution in [3.8, 4) is 5.69 Å². The van der Waals surface area contributed by atoms with Crippen molar-refractivity contribution in [2.75, 3.05) is 13.2 Å². The molecule has 0 saturated carbocycles. The van der Waals surface area contributed by atoms with Crippen molar-refractivity contribution in [1.29, 1.82) is 0 Å². The van der Waals surface area contributed by atoms with E-state index in [-0.39, 0.29) is 25.1 Å². The number of aliphatic hydroxyl groups excluding tert-OH is 2. The third kappa shape index (κ3) is 2.78. The lowest BCUT2D eigenvalue weighted by Gasteiger charge is -2.22. The highest BCUT2D eigenvalue weighted by Crippen LogP contribution is 2.25. The van der Waals surface area contributed by atoms with Gasteiger partial charge in [0.25, 0.3) is 5.91 Å². The molecule has 122 valence electrons. The molecular formula is C18H22N2O3. The number of para-hydroxylation sites is 1. The van der Waals surface area contributed by atoms with Crippen molar-refractivity contribution in [1.82, 2.24) is 9.47 Å². The van der Waals surface area contributed by atoms with Crippen LogP contribution in [0.15, 0.2) is 36.4 Å². The fourth-order valence-corrected chi connectivity index (χ4v) is 3.42. The minimum Gasteiger partial charge on any atom is -0.394 e. The van der Waals surface area contributed by atoms with Gasteiger partial charge in [-0.05, 0) is 38.5 Å². The zero-order chi connectivity index (χ0) is 16.6. The van der Waals surface area contributed by atoms with Gasteiger partial charge in [0, 0.05) is 23.6 Å². The zero-order valence-electron chi connectivity index (χ0n) is 13.4. The molecule has 0 aliphatic carbocycles. The SMILES string of the molecule is Cc1cc(C(=O)N2CC(O)CC2CO)c(C)n1-c1ccccc1. The number of aromatic nitrogens is 1. The predicted octanol–water partition coefficient (Wildman–Crippen LogP) is 1.66. The first-order valence-electron chi connectivity index (χ1n) is 7.87. The first-order valence-corrected chi connectivity index (χ1v) is 7.87. The molecule has 1 saturated heterocycles. The normalized spacial score (nSPS) is 21.0. The number of nitrogens with zero attached hydrogens (tertiary/aromatic N) is 2. The number of likely N-dealkylation sites (tertiary alicyclic amines) is 1. The van der Waals surface area contributed by atoms with Crippen LogP contribution in [0.4, 0.5) is 0 Å². The molecular weight excluding hydrogens is 292 g/mol. The summed E-state index contributed by atoms with van der Waals surface area (Å²) in [5.74, 6) is -0.129. The molecule has 5 heteroatoms. The number of β-amino-alcohol motifs (C(OH)–C–C–N with tert-alkyl or cyclic N) is 1. The molecule has 3 rings (SSSR count). The number of benzene rings is 1. The van der Waals surface area contributed by atoms with Gasteiger partial charge in [-0.3, -0.25) is 4.79 Å². The van der Waals surface area contributed by atoms with E-state index in [2.05, 4.69) is 0 Å². The van der Waals surface area contributed by atoms with E-state index in [0.717, 1.165) is 17.1 Å². The van der Waals surface area contributed by atoms with E-state index in [1.165, 1.54) is 0 Å². The van der Waals surface area contributed by atoms with E-state index in [4.69, 9.17) is 0 Å². The second-order valence-electron chi connectivity index (χ2n) is 6.14. The van der Waals surface area contributed by atoms with Crippen molar-refractivity contribution in [3.05, 3.63) is 53.3 Å². The van der Waals surface area contributed by atoms with Gasteiger partial charge < -0.3 is 19.7 Å². The Morgan fingerprint density at radius 2 is 1.96 bits per heavy atom. The van der Waals surface area contributed by atoms with E-state index < -0.39 is 6.10 Å². The Morgan fingerprint density at radius 3 is 2.61 bits per heavy atom. The van der Waals surface area contributed by atoms with Crippen LogP contribution in [0.25, 0.3) is 5.69 Å². The number of rotatable bonds is 3. The lowest BCUT2D eigenvalue weighted by atomic mass is 10.2. The number of hydrogen-bond acceptors (Lipinski definition) is 3. The quantitative estimate of drug-likeness (QED) is 0.905. The Morgan fingerprint density at radius 1 is 1.26 bits per heavy atom. The maximum atomic E-state index is 12.9. The van der Waals surface area contributed by atoms with Crippen LogP contribution in [0.5, 0.6) is 0 Å². The molecule has 1 aliphatic rings. The molecule has 1 aromatic carbocycles. The zero-order valence-corrected chi connectivity index (χ0v) is 13.4. The van der Waals surface area contributed by atoms with Crippen molar-refractivity contribution in [2.45, 2.75) is 32.4 Å². The van der Waals surface area contributed by atoms with Gasteiger partial charge in [-0.15, -0.1) is 0 Å². The first kappa shape index (κ1) is 15.8. The van der Waals surface area contributed by atoms with Crippen molar-refractivity contribution in [2.24, 2.45) is 0 Å². The summed E-state index contributed by atoms with van der Waals surface area (Å²) in [6.07, 6.45) is -0.131. The fourth-order valence-electron chi connectivity index (χ4n) is 3.42. The molecule has 1 aromatic heterocycles. The molecule has 1 amide bonds. The van der Waals surface area contributed by atoms with Crippen LogP contribution in [0.3, 0.4) is 0 Å². The predicted molar refractivity (Wildman–Crippen MR) is 87.8 cm³/mol. The highest BCUT2D eigenvalue weighted by Gasteiger charge is 2.35. The summed E-state index contributed by atoms with van der Waals surface area (Å²) in [5.41, 5.74) is 3.50. The molecule has 2 unspecified atom stereocenters. The highest BCUT2D eigenvalue weighted by molar-refractivity contribution is 5.96. The van der Waals surface area contributed by atoms with Crippen LogP contribution in [0.2, 0.25) is 0 Å². The van der Waals surface area contributed by atoms with E-state index >= 15 is 0 Å². The molecule has 0 radical (unpaired) electrons. The monoisotopic (exact) mass is 314 g/mol. The molecule has 0 bridgehead atoms. The Labute approximate surface area is 135 Å². The third-order valence-corrected chi connectivity index (χ3v) is 4.54. The largest absolute Gasteiger partial charge is 0.394 e. The van der Waals surface area contributed by atoms with Gasteiger partial charge in [0.1, 0.15) is 0 Å². The van der Waals surface area contributed by atoms with E-state index in [9.17, 15) is 15.0 Å². The van der Waals surface area contributed by atoms with Crippen LogP contribution in [0.1, 0.15) is 28.2 Å². The summed E-state index contributed by atoms with van der Waals surface area (Å²) in [7, 11) is 0. The van der Waals surface area contributed by atoms with Crippen LogP contribution in [-0.4, -0.2) is 50.9 Å². The van der Waals surface area contributed by atoms with Gasteiger partial charge in [-0.2, -0.15) is 0 Å². The molecule has 2 aromatic rings. The molecule has 0 spiro atoms. The average Bonchev–Trinajstić information content (AvgIpc) is 3.07. The highest BCUT2D eigenvalue weighted by atomic mass is 16.3. The first-order chi connectivity index (χ1) is 11.0. The van der Waals surface area contributed by atoms with Crippen LogP contribution < -0.4 is 0 Å². The minimum atomic E-state index is -0.561. The van der Waals surface area contributed by atoms with Gasteiger partial charge in [-0.1, -0.05) is 18.2 Å². The summed E-state index contributed by atoms with van der Waals surface area (Å²) in [4.78, 5) is 14.5. The summed E-state index contributed by atoms with van der Waals surface area (Å²) < 4.78 is 2.05. The second-order valence-corrected chi connectivity index (χ2v) is 6.14. The maximum absolute atomic E-state index is 12.9. The molecule has 5 nitrogen and oxygen atoms in total. The third-order valence-electron chi connectivity index (χ3n) is 4.54. The van der Waals surface area contributed by atoms with Crippen molar-refractivity contribution < 1.29 is 15.0 Å². The van der Waals surface area contributed by atoms with Gasteiger partial charge in [0.15, 0.2) is 0 Å². The summed E-state index contributed by atoms with van der Waals surface area (Å²) in [6.45, 7) is 4.05. The maximum Gasteiger partial charge on any atom is 0.256 e. The molecule has 2 N–H and O–H groups in total. The summed E-state index contributed by atoms with van der Waals surface area (Å²) in [5, 5.41) is 19.2. The topological polar surface area (TPSA) is 65.7 Å². The number of aliphatic hydroxyl groups is 2. The molecule has 2 atom stereocenters. The van der Waals surface area contributed by atoms with Gasteiger partial charge in [-0.25, -0.2) is 0 Å². The van der Waals surface area contributed by atoms with Crippen LogP contribution in [-0.2, 0) is 0 Å². The summed E-state index contributed by atoms with van der Waals surface area (Å²) in [6, 6.07) is 11.5. The standard InChI is InChI=1S/C18H22N2O3/c1-12-8-17(13(2)20(12)14-6-4-3-5-7-14)18(23)19-10-16(22)9-15(19)11-21/h3-8,15-16,21-22H,9-11H2,1-2H3. The fraction of sp³-hybridized carbons (Fsp3) is 0.389. The Kier molecular flexibility index (Phi) is 4.24. The number of carbonyl (C=O) groups excluding carboxylic acids is 1. The lowest BCUT2D eigenvalue weighted by Crippen LogP contribution is -2.38. The number of hydrogen-bond donors (Lipinski definition) is 2. The molecule has 1 aliphatic heterocycles. The van der Waals surface area contributed by atoms with Gasteiger partial charge in [0.05, 0.1) is 24.3 Å². The number of amides is 1.